The van der Waals surface area contributed by atoms with Gasteiger partial charge in [-0.1, -0.05) is 68.5 Å². The molecule has 0 spiro atoms. The number of likely N-dealkylation sites (N-methyl/N-ethyl adjacent to an activating group) is 1. The summed E-state index contributed by atoms with van der Waals surface area (Å²) in [6.07, 6.45) is -1.21. The number of anilines is 3. The number of aliphatic hydroxyl groups excluding tert-OH is 3. The topological polar surface area (TPSA) is 373 Å². The summed E-state index contributed by atoms with van der Waals surface area (Å²) in [6.45, 7) is 11.6. The van der Waals surface area contributed by atoms with E-state index in [9.17, 15) is 62.7 Å². The Labute approximate surface area is 564 Å². The van der Waals surface area contributed by atoms with Crippen LogP contribution in [0.15, 0.2) is 91.0 Å². The van der Waals surface area contributed by atoms with E-state index < -0.39 is 70.3 Å². The zero-order chi connectivity index (χ0) is 69.2. The lowest BCUT2D eigenvalue weighted by atomic mass is 9.39. The van der Waals surface area contributed by atoms with Gasteiger partial charge in [-0.3, -0.25) is 24.4 Å². The second-order valence-corrected chi connectivity index (χ2v) is 29.9. The number of carbonyl (C=O) groups excluding carboxylic acids is 4. The molecule has 6 aliphatic rings. The lowest BCUT2D eigenvalue weighted by molar-refractivity contribution is -0.271. The number of fused-ring (bicyclic) bond motifs is 2. The number of aromatic nitrogens is 4. The van der Waals surface area contributed by atoms with Crippen molar-refractivity contribution in [2.75, 3.05) is 55.4 Å². The molecular formula is C68H82N10O17S2. The number of aliphatic hydroxyl groups is 3. The van der Waals surface area contributed by atoms with Gasteiger partial charge in [0.2, 0.25) is 28.1 Å². The minimum absolute atomic E-state index is 0.0290. The fraction of sp³-hybridized carbons (Fsp3) is 0.485. The van der Waals surface area contributed by atoms with Crippen molar-refractivity contribution in [2.24, 2.45) is 16.2 Å². The summed E-state index contributed by atoms with van der Waals surface area (Å²) in [7, 11) is -1.96. The number of unbranched alkanes of at least 4 members (excludes halogenated alkanes) is 2. The molecule has 29 heteroatoms. The average molecular weight is 1380 g/mol. The van der Waals surface area contributed by atoms with Crippen LogP contribution in [0.4, 0.5) is 21.4 Å². The van der Waals surface area contributed by atoms with Crippen LogP contribution in [0.2, 0.25) is 0 Å². The number of aromatic carboxylic acids is 1. The highest BCUT2D eigenvalue weighted by molar-refractivity contribution is 7.92. The Hall–Kier alpha value is -8.42. The van der Waals surface area contributed by atoms with Crippen molar-refractivity contribution >= 4 is 84.0 Å². The monoisotopic (exact) mass is 1370 g/mol. The van der Waals surface area contributed by atoms with E-state index in [1.165, 1.54) is 34.4 Å². The molecule has 4 bridgehead atoms. The molecule has 97 heavy (non-hydrogen) atoms. The van der Waals surface area contributed by atoms with Gasteiger partial charge >= 0.3 is 18.0 Å². The maximum atomic E-state index is 13.8. The lowest BCUT2D eigenvalue weighted by Gasteiger charge is -2.69. The van der Waals surface area contributed by atoms with Crippen LogP contribution < -0.4 is 30.3 Å². The summed E-state index contributed by atoms with van der Waals surface area (Å²) in [6, 6.07) is 21.3. The maximum absolute atomic E-state index is 13.8. The number of amides is 4. The zero-order valence-corrected chi connectivity index (χ0v) is 56.1. The molecule has 5 fully saturated rings. The van der Waals surface area contributed by atoms with Crippen LogP contribution in [0.3, 0.4) is 0 Å². The summed E-state index contributed by atoms with van der Waals surface area (Å²) in [5.41, 5.74) is 4.55. The number of carboxylic acid groups (broad SMARTS) is 2. The Morgan fingerprint density at radius 3 is 2.36 bits per heavy atom. The van der Waals surface area contributed by atoms with Gasteiger partial charge in [0.15, 0.2) is 16.9 Å². The molecular weight excluding hydrogens is 1290 g/mol. The van der Waals surface area contributed by atoms with Crippen LogP contribution in [-0.4, -0.2) is 170 Å². The van der Waals surface area contributed by atoms with E-state index in [4.69, 9.17) is 29.0 Å². The molecule has 7 atom stereocenters. The molecule has 12 rings (SSSR count). The first-order valence-electron chi connectivity index (χ1n) is 32.4. The average Bonchev–Trinajstić information content (AvgIpc) is 0.982. The Kier molecular flexibility index (Phi) is 20.6. The number of benzene rings is 3. The highest BCUT2D eigenvalue weighted by Crippen LogP contribution is 2.72. The Morgan fingerprint density at radius 2 is 1.62 bits per heavy atom. The predicted octanol–water partition coefficient (Wildman–Crippen LogP) is 7.12. The van der Waals surface area contributed by atoms with Crippen molar-refractivity contribution < 1.29 is 81.7 Å². The highest BCUT2D eigenvalue weighted by Gasteiger charge is 2.66. The van der Waals surface area contributed by atoms with Gasteiger partial charge in [-0.05, 0) is 140 Å². The number of pyridine rings is 1. The van der Waals surface area contributed by atoms with Crippen LogP contribution in [0.25, 0.3) is 21.3 Å². The summed E-state index contributed by atoms with van der Waals surface area (Å²) in [4.78, 5) is 91.1. The lowest BCUT2D eigenvalue weighted by Crippen LogP contribution is -2.64. The van der Waals surface area contributed by atoms with E-state index in [1.54, 1.807) is 25.4 Å². The molecule has 4 aliphatic carbocycles. The number of ether oxygens (including phenoxy) is 4. The fourth-order valence-corrected chi connectivity index (χ4v) is 17.2. The Balaban J connectivity index is 0.707. The quantitative estimate of drug-likeness (QED) is 0.0221. The molecule has 2 aliphatic heterocycles. The molecule has 4 amide bonds. The number of hydrogen-bond donors (Lipinski definition) is 9. The molecule has 2 unspecified atom stereocenters. The normalized spacial score (nSPS) is 24.9. The number of nitrogens with zero attached hydrogens (tertiary/aromatic N) is 6. The summed E-state index contributed by atoms with van der Waals surface area (Å²) in [5.74, 6) is -3.69. The van der Waals surface area contributed by atoms with Gasteiger partial charge in [-0.15, -0.1) is 0 Å². The molecule has 6 aromatic rings. The molecule has 9 N–H and O–H groups in total. The van der Waals surface area contributed by atoms with Crippen LogP contribution >= 0.6 is 11.3 Å². The highest BCUT2D eigenvalue weighted by atomic mass is 32.2. The van der Waals surface area contributed by atoms with Crippen molar-refractivity contribution in [1.29, 1.82) is 0 Å². The number of carbonyl (C=O) groups is 6. The van der Waals surface area contributed by atoms with Gasteiger partial charge in [-0.25, -0.2) is 37.5 Å². The number of rotatable bonds is 28. The Morgan fingerprint density at radius 1 is 0.845 bits per heavy atom. The van der Waals surface area contributed by atoms with E-state index in [1.807, 2.05) is 59.0 Å². The number of para-hydroxylation sites is 1. The molecule has 5 heterocycles. The molecule has 518 valence electrons. The van der Waals surface area contributed by atoms with Gasteiger partial charge < -0.3 is 64.9 Å². The molecule has 1 saturated heterocycles. The number of carboxylic acids is 2. The van der Waals surface area contributed by atoms with Gasteiger partial charge in [0.1, 0.15) is 36.5 Å². The number of nitrogens with one attached hydrogen (secondary N) is 4. The molecule has 3 aromatic heterocycles. The predicted molar refractivity (Wildman–Crippen MR) is 357 cm³/mol. The van der Waals surface area contributed by atoms with Crippen LogP contribution in [0.5, 0.6) is 5.75 Å². The minimum atomic E-state index is -3.55. The first kappa shape index (κ1) is 69.9. The summed E-state index contributed by atoms with van der Waals surface area (Å²) in [5, 5.41) is 66.4. The van der Waals surface area contributed by atoms with Crippen LogP contribution in [0.1, 0.15) is 128 Å². The van der Waals surface area contributed by atoms with Crippen LogP contribution in [-0.2, 0) is 64.7 Å². The van der Waals surface area contributed by atoms with Gasteiger partial charge in [0, 0.05) is 87.0 Å². The first-order valence-corrected chi connectivity index (χ1v) is 34.7. The first-order chi connectivity index (χ1) is 46.1. The van der Waals surface area contributed by atoms with Crippen LogP contribution in [0, 0.1) is 23.2 Å². The van der Waals surface area contributed by atoms with Crippen molar-refractivity contribution in [3.8, 4) is 16.9 Å². The third kappa shape index (κ3) is 15.9. The second-order valence-electron chi connectivity index (χ2n) is 27.2. The van der Waals surface area contributed by atoms with E-state index in [0.717, 1.165) is 71.0 Å². The third-order valence-corrected chi connectivity index (χ3v) is 21.1. The summed E-state index contributed by atoms with van der Waals surface area (Å²) < 4.78 is 52.3. The van der Waals surface area contributed by atoms with Gasteiger partial charge in [0.05, 0.1) is 34.3 Å². The second kappa shape index (κ2) is 28.6. The SMILES string of the molecule is C=CS(=O)(=O)NCCCCCC(=O)NCCC(=O)Nc1cc(COC(=O)N(C)CCOC23CC4(C)CC(C)(CC(Cn5ncc(-c6ccc(N7CCc8cccc(C(=O)Nc9nc%10ccccc%10s9)c8C7)nc6C(=O)O)c5C)(C4)C2)C3)ccc1O[C@@H]1O[C@H](C(=O)O)[C@H](O)[C@H](O)[C@@H]1O. The Bertz CT molecular complexity index is 4070. The van der Waals surface area contributed by atoms with Gasteiger partial charge in [-0.2, -0.15) is 5.10 Å². The van der Waals surface area contributed by atoms with Gasteiger partial charge in [0.25, 0.3) is 5.91 Å². The van der Waals surface area contributed by atoms with Crippen molar-refractivity contribution in [3.05, 3.63) is 125 Å². The molecule has 27 nitrogen and oxygen atoms in total. The summed E-state index contributed by atoms with van der Waals surface area (Å²) >= 11 is 1.40. The van der Waals surface area contributed by atoms with E-state index in [2.05, 4.69) is 46.1 Å². The molecule has 4 saturated carbocycles. The molecule has 0 radical (unpaired) electrons. The standard InChI is InChI=1S/C68H82N10O17S2/c1-6-97(90,91)71-24-11-7-8-17-52(79)69-25-22-53(80)72-48-29-41(18-20-49(48)94-62-57(83)55(81)56(82)58(95-62)61(87)88)32-92-64(89)76(5)27-28-93-68-36-65(3)33-66(4,37-68)35-67(34-65,38-68)39-78-40(2)45(30-70-78)43-19-21-51(74-54(43)60(85)86)77-26-23-42-13-12-14-44(46(42)31-77)59(84)75-63-73-47-15-9-10-16-50(47)96-63/h6,9-10,12-16,18-21,29-30,55-58,62,71,81-83H,1,7-8,11,17,22-28,31-39H2,2-5H3,(H,69,79)(H,72,80)(H,85,86)(H,87,88)(H,73,75,84)/t55-,56+,57-,58-,62+,65?,66?,67?,68?/m0/s1. The maximum Gasteiger partial charge on any atom is 0.409 e. The van der Waals surface area contributed by atoms with E-state index in [0.29, 0.717) is 78.5 Å². The smallest absolute Gasteiger partial charge is 0.409 e. The van der Waals surface area contributed by atoms with Crippen molar-refractivity contribution in [1.82, 2.24) is 34.7 Å². The van der Waals surface area contributed by atoms with Crippen molar-refractivity contribution in [3.63, 3.8) is 0 Å². The van der Waals surface area contributed by atoms with E-state index >= 15 is 0 Å². The zero-order valence-electron chi connectivity index (χ0n) is 54.5. The third-order valence-electron chi connectivity index (χ3n) is 19.1. The largest absolute Gasteiger partial charge is 0.479 e. The van der Waals surface area contributed by atoms with E-state index in [-0.39, 0.29) is 90.9 Å². The van der Waals surface area contributed by atoms with Crippen molar-refractivity contribution in [2.45, 2.75) is 154 Å². The number of hydrogen-bond acceptors (Lipinski definition) is 20. The minimum Gasteiger partial charge on any atom is -0.479 e. The molecule has 3 aromatic carbocycles. The number of sulfonamides is 1. The number of thiazole rings is 1. The number of aliphatic carboxylic acids is 1. The fourth-order valence-electron chi connectivity index (χ4n) is 15.8.